The maximum atomic E-state index is 13.1. The molecule has 4 aromatic rings. The van der Waals surface area contributed by atoms with Gasteiger partial charge in [0, 0.05) is 11.1 Å². The summed E-state index contributed by atoms with van der Waals surface area (Å²) in [7, 11) is 0. The Morgan fingerprint density at radius 1 is 1.27 bits per heavy atom. The van der Waals surface area contributed by atoms with Gasteiger partial charge in [0.1, 0.15) is 11.3 Å². The predicted molar refractivity (Wildman–Crippen MR) is 87.2 cm³/mol. The fraction of sp³-hybridized carbons (Fsp3) is 0.118. The minimum Gasteiger partial charge on any atom is -0.426 e. The highest BCUT2D eigenvalue weighted by atomic mass is 19.4. The van der Waals surface area contributed by atoms with E-state index in [0.29, 0.717) is 11.1 Å². The summed E-state index contributed by atoms with van der Waals surface area (Å²) in [4.78, 5) is 14.5. The van der Waals surface area contributed by atoms with Crippen LogP contribution in [0.3, 0.4) is 0 Å². The molecule has 0 fully saturated rings. The highest BCUT2D eigenvalue weighted by Gasteiger charge is 2.33. The smallest absolute Gasteiger partial charge is 0.426 e. The fourth-order valence-electron chi connectivity index (χ4n) is 2.93. The van der Waals surface area contributed by atoms with Gasteiger partial charge >= 0.3 is 6.18 Å². The molecule has 0 atom stereocenters. The SMILES string of the molecule is Cc1cc(-n2cc(OC=O)c3ccc(C(F)(F)F)nc32)cc2cn[nH]c12. The number of aromatic amines is 1. The van der Waals surface area contributed by atoms with Crippen LogP contribution in [-0.2, 0) is 11.0 Å². The van der Waals surface area contributed by atoms with Gasteiger partial charge in [-0.05, 0) is 36.8 Å². The number of carbonyl (C=O) groups excluding carboxylic acids is 1. The van der Waals surface area contributed by atoms with Gasteiger partial charge in [-0.15, -0.1) is 0 Å². The largest absolute Gasteiger partial charge is 0.433 e. The number of ether oxygens (including phenoxy) is 1. The first-order chi connectivity index (χ1) is 12.4. The van der Waals surface area contributed by atoms with Gasteiger partial charge in [-0.3, -0.25) is 14.5 Å². The first-order valence-electron chi connectivity index (χ1n) is 7.52. The van der Waals surface area contributed by atoms with E-state index in [2.05, 4.69) is 15.2 Å². The summed E-state index contributed by atoms with van der Waals surface area (Å²) in [6.07, 6.45) is -1.53. The van der Waals surface area contributed by atoms with Crippen molar-refractivity contribution in [1.82, 2.24) is 19.7 Å². The zero-order valence-corrected chi connectivity index (χ0v) is 13.3. The zero-order valence-electron chi connectivity index (χ0n) is 13.3. The average molecular weight is 360 g/mol. The molecule has 0 aliphatic rings. The van der Waals surface area contributed by atoms with E-state index in [0.717, 1.165) is 22.5 Å². The third-order valence-corrected chi connectivity index (χ3v) is 4.09. The van der Waals surface area contributed by atoms with E-state index in [1.54, 1.807) is 18.3 Å². The van der Waals surface area contributed by atoms with Gasteiger partial charge < -0.3 is 4.74 Å². The summed E-state index contributed by atoms with van der Waals surface area (Å²) >= 11 is 0. The molecular weight excluding hydrogens is 349 g/mol. The van der Waals surface area contributed by atoms with Crippen molar-refractivity contribution in [2.45, 2.75) is 13.1 Å². The number of nitrogens with one attached hydrogen (secondary N) is 1. The van der Waals surface area contributed by atoms with E-state index >= 15 is 0 Å². The Morgan fingerprint density at radius 2 is 2.08 bits per heavy atom. The number of H-pyrrole nitrogens is 1. The number of pyridine rings is 1. The van der Waals surface area contributed by atoms with Crippen LogP contribution in [0.5, 0.6) is 5.75 Å². The van der Waals surface area contributed by atoms with Crippen molar-refractivity contribution in [3.8, 4) is 11.4 Å². The summed E-state index contributed by atoms with van der Waals surface area (Å²) in [5.74, 6) is 0.126. The Balaban J connectivity index is 2.01. The molecular formula is C17H11F3N4O2. The lowest BCUT2D eigenvalue weighted by Gasteiger charge is -2.09. The summed E-state index contributed by atoms with van der Waals surface area (Å²) in [5, 5.41) is 7.93. The van der Waals surface area contributed by atoms with E-state index < -0.39 is 11.9 Å². The molecule has 0 aliphatic carbocycles. The van der Waals surface area contributed by atoms with Crippen molar-refractivity contribution < 1.29 is 22.7 Å². The fourth-order valence-corrected chi connectivity index (χ4v) is 2.93. The molecule has 4 rings (SSSR count). The van der Waals surface area contributed by atoms with Crippen molar-refractivity contribution in [3.05, 3.63) is 47.9 Å². The molecule has 0 unspecified atom stereocenters. The van der Waals surface area contributed by atoms with E-state index in [9.17, 15) is 18.0 Å². The minimum absolute atomic E-state index is 0.0407. The maximum absolute atomic E-state index is 13.1. The molecule has 9 heteroatoms. The molecule has 0 saturated heterocycles. The molecule has 0 bridgehead atoms. The van der Waals surface area contributed by atoms with Crippen molar-refractivity contribution in [2.24, 2.45) is 0 Å². The first kappa shape index (κ1) is 16.1. The number of fused-ring (bicyclic) bond motifs is 2. The molecule has 3 aromatic heterocycles. The first-order valence-corrected chi connectivity index (χ1v) is 7.52. The van der Waals surface area contributed by atoms with Crippen LogP contribution in [-0.4, -0.2) is 26.2 Å². The molecule has 0 aliphatic heterocycles. The molecule has 0 amide bonds. The van der Waals surface area contributed by atoms with Gasteiger partial charge in [0.2, 0.25) is 0 Å². The number of halogens is 3. The van der Waals surface area contributed by atoms with Crippen molar-refractivity contribution in [1.29, 1.82) is 0 Å². The van der Waals surface area contributed by atoms with Crippen LogP contribution in [0, 0.1) is 6.92 Å². The van der Waals surface area contributed by atoms with Crippen LogP contribution in [0.2, 0.25) is 0 Å². The second-order valence-electron chi connectivity index (χ2n) is 5.74. The molecule has 0 spiro atoms. The maximum Gasteiger partial charge on any atom is 0.433 e. The highest BCUT2D eigenvalue weighted by Crippen LogP contribution is 2.34. The molecule has 6 nitrogen and oxygen atoms in total. The van der Waals surface area contributed by atoms with Crippen molar-refractivity contribution in [3.63, 3.8) is 0 Å². The number of alkyl halides is 3. The van der Waals surface area contributed by atoms with Gasteiger partial charge in [-0.25, -0.2) is 4.98 Å². The molecule has 26 heavy (non-hydrogen) atoms. The third-order valence-electron chi connectivity index (χ3n) is 4.09. The second-order valence-corrected chi connectivity index (χ2v) is 5.74. The summed E-state index contributed by atoms with van der Waals surface area (Å²) < 4.78 is 45.6. The van der Waals surface area contributed by atoms with Crippen LogP contribution < -0.4 is 4.74 Å². The summed E-state index contributed by atoms with van der Waals surface area (Å²) in [6, 6.07) is 5.64. The van der Waals surface area contributed by atoms with E-state index in [1.807, 2.05) is 6.92 Å². The van der Waals surface area contributed by atoms with E-state index in [4.69, 9.17) is 4.74 Å². The number of aromatic nitrogens is 4. The molecule has 0 radical (unpaired) electrons. The number of benzene rings is 1. The van der Waals surface area contributed by atoms with Gasteiger partial charge in [0.15, 0.2) is 5.75 Å². The Labute approximate surface area is 144 Å². The number of rotatable bonds is 3. The molecule has 1 aromatic carbocycles. The van der Waals surface area contributed by atoms with E-state index in [-0.39, 0.29) is 17.9 Å². The van der Waals surface area contributed by atoms with Gasteiger partial charge in [-0.2, -0.15) is 18.3 Å². The molecule has 1 N–H and O–H groups in total. The van der Waals surface area contributed by atoms with Gasteiger partial charge in [-0.1, -0.05) is 0 Å². The molecule has 0 saturated carbocycles. The van der Waals surface area contributed by atoms with Crippen LogP contribution >= 0.6 is 0 Å². The zero-order chi connectivity index (χ0) is 18.5. The van der Waals surface area contributed by atoms with Crippen LogP contribution in [0.1, 0.15) is 11.3 Å². The Kier molecular flexibility index (Phi) is 3.46. The standard InChI is InChI=1S/C17H11F3N4O2/c1-9-4-11(5-10-6-21-23-15(9)10)24-7-13(26-8-25)12-2-3-14(17(18,19)20)22-16(12)24/h2-8H,1H3,(H,21,23). The molecule has 3 heterocycles. The van der Waals surface area contributed by atoms with Crippen LogP contribution in [0.4, 0.5) is 13.2 Å². The van der Waals surface area contributed by atoms with Crippen molar-refractivity contribution in [2.75, 3.05) is 0 Å². The third kappa shape index (κ3) is 2.48. The number of hydrogen-bond acceptors (Lipinski definition) is 4. The van der Waals surface area contributed by atoms with Crippen LogP contribution in [0.15, 0.2) is 36.7 Å². The summed E-state index contributed by atoms with van der Waals surface area (Å²) in [6.45, 7) is 2.08. The lowest BCUT2D eigenvalue weighted by atomic mass is 10.1. The number of carbonyl (C=O) groups is 1. The average Bonchev–Trinajstić information content (AvgIpc) is 3.19. The topological polar surface area (TPSA) is 72.8 Å². The number of hydrogen-bond donors (Lipinski definition) is 1. The molecule has 132 valence electrons. The lowest BCUT2D eigenvalue weighted by molar-refractivity contribution is -0.141. The minimum atomic E-state index is -4.58. The van der Waals surface area contributed by atoms with Crippen LogP contribution in [0.25, 0.3) is 27.6 Å². The van der Waals surface area contributed by atoms with Gasteiger partial charge in [0.25, 0.3) is 6.47 Å². The van der Waals surface area contributed by atoms with Crippen molar-refractivity contribution >= 4 is 28.4 Å². The predicted octanol–water partition coefficient (Wildman–Crippen LogP) is 3.76. The van der Waals surface area contributed by atoms with Gasteiger partial charge in [0.05, 0.1) is 23.3 Å². The second kappa shape index (κ2) is 5.58. The monoisotopic (exact) mass is 360 g/mol. The highest BCUT2D eigenvalue weighted by molar-refractivity contribution is 5.89. The summed E-state index contributed by atoms with van der Waals surface area (Å²) in [5.41, 5.74) is 1.29. The lowest BCUT2D eigenvalue weighted by Crippen LogP contribution is -2.08. The number of nitrogens with zero attached hydrogens (tertiary/aromatic N) is 3. The quantitative estimate of drug-likeness (QED) is 0.565. The number of aryl methyl sites for hydroxylation is 1. The van der Waals surface area contributed by atoms with E-state index in [1.165, 1.54) is 16.8 Å². The Morgan fingerprint density at radius 3 is 2.81 bits per heavy atom. The Hall–Kier alpha value is -3.36. The Bertz CT molecular complexity index is 1140. The normalized spacial score (nSPS) is 12.0.